The summed E-state index contributed by atoms with van der Waals surface area (Å²) in [5.41, 5.74) is -0.850. The summed E-state index contributed by atoms with van der Waals surface area (Å²) in [5, 5.41) is 0. The quantitative estimate of drug-likeness (QED) is 0.0432. The minimum Gasteiger partial charge on any atom is -0.349 e. The van der Waals surface area contributed by atoms with Crippen molar-refractivity contribution in [2.24, 2.45) is 0 Å². The van der Waals surface area contributed by atoms with Crippen molar-refractivity contribution in [3.05, 3.63) is 0 Å². The molecule has 3 saturated carbocycles. The van der Waals surface area contributed by atoms with Crippen LogP contribution >= 0.6 is 0 Å². The highest BCUT2D eigenvalue weighted by atomic mass is 16.9. The first-order chi connectivity index (χ1) is 26.9. The number of ether oxygens (including phenoxy) is 10. The Morgan fingerprint density at radius 2 is 1.00 bits per heavy atom. The lowest BCUT2D eigenvalue weighted by Gasteiger charge is -2.63. The van der Waals surface area contributed by atoms with Gasteiger partial charge in [0.05, 0.1) is 50.3 Å². The number of unbranched alkanes of at least 4 members (excludes halogenated alkanes) is 6. The maximum absolute atomic E-state index is 7.75. The number of methoxy groups -OCH3 is 1. The summed E-state index contributed by atoms with van der Waals surface area (Å²) in [6, 6.07) is 0. The van der Waals surface area contributed by atoms with Gasteiger partial charge in [-0.05, 0) is 92.9 Å². The van der Waals surface area contributed by atoms with Crippen molar-refractivity contribution in [3.8, 4) is 0 Å². The van der Waals surface area contributed by atoms with E-state index in [-0.39, 0.29) is 24.7 Å². The Balaban J connectivity index is 2.69. The summed E-state index contributed by atoms with van der Waals surface area (Å²) >= 11 is 0. The summed E-state index contributed by atoms with van der Waals surface area (Å²) < 4.78 is 74.6. The predicted octanol–water partition coefficient (Wildman–Crippen LogP) is 11.5. The molecule has 10 heteroatoms. The maximum Gasteiger partial charge on any atom is 0.292 e. The van der Waals surface area contributed by atoms with Crippen LogP contribution in [0.1, 0.15) is 204 Å². The Bertz CT molecular complexity index is 1040. The van der Waals surface area contributed by atoms with Gasteiger partial charge in [-0.2, -0.15) is 0 Å². The van der Waals surface area contributed by atoms with Gasteiger partial charge in [-0.15, -0.1) is 0 Å². The largest absolute Gasteiger partial charge is 0.349 e. The number of rotatable bonds is 28. The van der Waals surface area contributed by atoms with Crippen LogP contribution in [0.15, 0.2) is 0 Å². The molecule has 0 spiro atoms. The lowest BCUT2D eigenvalue weighted by molar-refractivity contribution is -0.578. The fourth-order valence-corrected chi connectivity index (χ4v) is 8.99. The van der Waals surface area contributed by atoms with Gasteiger partial charge < -0.3 is 47.4 Å². The fraction of sp³-hybridized carbons (Fsp3) is 1.00. The van der Waals surface area contributed by atoms with E-state index in [0.29, 0.717) is 45.9 Å². The zero-order valence-electron chi connectivity index (χ0n) is 38.2. The summed E-state index contributed by atoms with van der Waals surface area (Å²) in [5.74, 6) is -8.89. The Morgan fingerprint density at radius 3 is 1.50 bits per heavy atom. The van der Waals surface area contributed by atoms with Gasteiger partial charge in [-0.1, -0.05) is 98.3 Å². The van der Waals surface area contributed by atoms with E-state index in [4.69, 9.17) is 47.4 Å². The van der Waals surface area contributed by atoms with Crippen molar-refractivity contribution in [1.29, 1.82) is 0 Å². The summed E-state index contributed by atoms with van der Waals surface area (Å²) in [4.78, 5) is 0. The van der Waals surface area contributed by atoms with Crippen LogP contribution in [0.5, 0.6) is 0 Å². The molecule has 0 amide bonds. The molecule has 10 nitrogen and oxygen atoms in total. The third-order valence-corrected chi connectivity index (χ3v) is 11.4. The molecule has 332 valence electrons. The standard InChI is InChI=1S/C46H88O10/c1-12-17-20-27-37-51-44(50-36-26-18-13-2)43(55-40-30-24-25-31-40,54-39-28-22-21-23-29-39)33-32-42(47-11,48-16-5)45(49-34-15-4,53-38(6)7)46(44,52-35-19-14-3)56-41(8,9)10/h38-40H,12-37H2,1-11H3. The molecule has 0 aromatic carbocycles. The molecule has 5 atom stereocenters. The zero-order valence-corrected chi connectivity index (χ0v) is 38.2. The molecule has 0 saturated heterocycles. The SMILES string of the molecule is CCCCCCOC1(OCCCCC)C(OC2CCCCC2)(OC2CCCC2)CCC(OC)(OCC)C(OCCC)(OC(C)C)C1(OCCCC)OC(C)(C)C. The molecule has 3 fully saturated rings. The first kappa shape index (κ1) is 50.0. The van der Waals surface area contributed by atoms with Gasteiger partial charge in [0.2, 0.25) is 11.6 Å². The van der Waals surface area contributed by atoms with E-state index < -0.39 is 34.5 Å². The van der Waals surface area contributed by atoms with Gasteiger partial charge in [0.15, 0.2) is 0 Å². The van der Waals surface area contributed by atoms with E-state index in [1.807, 2.05) is 41.5 Å². The Hall–Kier alpha value is -0.400. The average molecular weight is 801 g/mol. The highest BCUT2D eigenvalue weighted by Gasteiger charge is 2.87. The highest BCUT2D eigenvalue weighted by Crippen LogP contribution is 2.63. The second-order valence-electron chi connectivity index (χ2n) is 17.8. The molecule has 0 N–H and O–H groups in total. The molecule has 0 bridgehead atoms. The van der Waals surface area contributed by atoms with Crippen molar-refractivity contribution < 1.29 is 47.4 Å². The van der Waals surface area contributed by atoms with Crippen molar-refractivity contribution in [2.45, 2.75) is 257 Å². The Morgan fingerprint density at radius 1 is 0.518 bits per heavy atom. The average Bonchev–Trinajstić information content (AvgIpc) is 3.66. The first-order valence-electron chi connectivity index (χ1n) is 23.3. The van der Waals surface area contributed by atoms with Crippen molar-refractivity contribution in [2.75, 3.05) is 40.1 Å². The summed E-state index contributed by atoms with van der Waals surface area (Å²) in [7, 11) is 1.68. The zero-order chi connectivity index (χ0) is 41.2. The highest BCUT2D eigenvalue weighted by molar-refractivity contribution is 5.18. The summed E-state index contributed by atoms with van der Waals surface area (Å²) in [6.07, 6.45) is 18.4. The molecule has 0 aromatic heterocycles. The van der Waals surface area contributed by atoms with Gasteiger partial charge in [0, 0.05) is 26.6 Å². The molecule has 3 rings (SSSR count). The van der Waals surface area contributed by atoms with E-state index in [0.717, 1.165) is 109 Å². The molecule has 0 radical (unpaired) electrons. The van der Waals surface area contributed by atoms with Crippen LogP contribution in [0.25, 0.3) is 0 Å². The third-order valence-electron chi connectivity index (χ3n) is 11.4. The molecular weight excluding hydrogens is 712 g/mol. The van der Waals surface area contributed by atoms with Crippen LogP contribution in [0.2, 0.25) is 0 Å². The van der Waals surface area contributed by atoms with Crippen molar-refractivity contribution >= 4 is 0 Å². The molecule has 0 heterocycles. The fourth-order valence-electron chi connectivity index (χ4n) is 8.99. The Labute approximate surface area is 343 Å². The van der Waals surface area contributed by atoms with Crippen LogP contribution in [0.4, 0.5) is 0 Å². The molecule has 5 unspecified atom stereocenters. The van der Waals surface area contributed by atoms with E-state index in [1.165, 1.54) is 6.42 Å². The lowest BCUT2D eigenvalue weighted by atomic mass is 9.84. The Kier molecular flexibility index (Phi) is 21.5. The van der Waals surface area contributed by atoms with E-state index >= 15 is 0 Å². The van der Waals surface area contributed by atoms with E-state index in [1.54, 1.807) is 7.11 Å². The van der Waals surface area contributed by atoms with E-state index in [2.05, 4.69) is 27.7 Å². The van der Waals surface area contributed by atoms with Gasteiger partial charge >= 0.3 is 0 Å². The van der Waals surface area contributed by atoms with Gasteiger partial charge in [0.25, 0.3) is 17.4 Å². The van der Waals surface area contributed by atoms with Crippen LogP contribution in [-0.2, 0) is 47.4 Å². The number of hydrogen-bond donors (Lipinski definition) is 0. The summed E-state index contributed by atoms with van der Waals surface area (Å²) in [6.45, 7) is 22.5. The molecule has 3 aliphatic carbocycles. The molecular formula is C46H88O10. The second kappa shape index (κ2) is 24.1. The second-order valence-corrected chi connectivity index (χ2v) is 17.8. The molecule has 56 heavy (non-hydrogen) atoms. The molecule has 3 aliphatic rings. The molecule has 0 aliphatic heterocycles. The van der Waals surface area contributed by atoms with Crippen LogP contribution in [0.3, 0.4) is 0 Å². The number of hydrogen-bond acceptors (Lipinski definition) is 10. The normalized spacial score (nSPS) is 31.1. The lowest BCUT2D eigenvalue weighted by Crippen LogP contribution is -2.85. The van der Waals surface area contributed by atoms with E-state index in [9.17, 15) is 0 Å². The molecule has 0 aromatic rings. The van der Waals surface area contributed by atoms with Gasteiger partial charge in [-0.3, -0.25) is 0 Å². The van der Waals surface area contributed by atoms with Crippen molar-refractivity contribution in [3.63, 3.8) is 0 Å². The third kappa shape index (κ3) is 11.9. The smallest absolute Gasteiger partial charge is 0.292 e. The predicted molar refractivity (Wildman–Crippen MR) is 223 cm³/mol. The van der Waals surface area contributed by atoms with Crippen LogP contribution in [-0.4, -0.2) is 93.0 Å². The topological polar surface area (TPSA) is 92.3 Å². The minimum atomic E-state index is -2.02. The maximum atomic E-state index is 7.75. The van der Waals surface area contributed by atoms with Crippen LogP contribution in [0, 0.1) is 0 Å². The first-order valence-corrected chi connectivity index (χ1v) is 23.3. The van der Waals surface area contributed by atoms with Gasteiger partial charge in [-0.25, -0.2) is 0 Å². The minimum absolute atomic E-state index is 0.0806. The van der Waals surface area contributed by atoms with Crippen LogP contribution < -0.4 is 0 Å². The van der Waals surface area contributed by atoms with Gasteiger partial charge in [0.1, 0.15) is 0 Å². The monoisotopic (exact) mass is 801 g/mol. The van der Waals surface area contributed by atoms with Crippen molar-refractivity contribution in [1.82, 2.24) is 0 Å².